The van der Waals surface area contributed by atoms with E-state index >= 15 is 0 Å². The van der Waals surface area contributed by atoms with Crippen LogP contribution in [0, 0.1) is 19.8 Å². The van der Waals surface area contributed by atoms with E-state index < -0.39 is 0 Å². The molecule has 1 fully saturated rings. The van der Waals surface area contributed by atoms with Gasteiger partial charge in [-0.05, 0) is 38.7 Å². The van der Waals surface area contributed by atoms with Gasteiger partial charge in [0.25, 0.3) is 5.91 Å². The van der Waals surface area contributed by atoms with Crippen molar-refractivity contribution < 1.29 is 14.1 Å². The fraction of sp³-hybridized carbons (Fsp3) is 0.476. The first-order chi connectivity index (χ1) is 13.0. The highest BCUT2D eigenvalue weighted by molar-refractivity contribution is 6.01. The molecule has 0 unspecified atom stereocenters. The Bertz CT molecular complexity index is 820. The number of hydrogen-bond donors (Lipinski definition) is 1. The summed E-state index contributed by atoms with van der Waals surface area (Å²) in [5.41, 5.74) is 3.08. The molecule has 0 atom stereocenters. The molecule has 0 radical (unpaired) electrons. The number of carbonyl (C=O) groups excluding carboxylic acids is 2. The van der Waals surface area contributed by atoms with Gasteiger partial charge in [-0.3, -0.25) is 9.59 Å². The summed E-state index contributed by atoms with van der Waals surface area (Å²) in [5.74, 6) is 0.547. The third-order valence-electron chi connectivity index (χ3n) is 5.18. The number of piperidine rings is 1. The molecule has 1 aromatic carbocycles. The van der Waals surface area contributed by atoms with Crippen LogP contribution in [-0.2, 0) is 4.79 Å². The number of hydrogen-bond acceptors (Lipinski definition) is 4. The largest absolute Gasteiger partial charge is 0.360 e. The van der Waals surface area contributed by atoms with E-state index in [1.807, 2.05) is 43.0 Å². The molecule has 1 N–H and O–H groups in total. The lowest BCUT2D eigenvalue weighted by Gasteiger charge is -2.31. The van der Waals surface area contributed by atoms with Crippen LogP contribution in [0.15, 0.2) is 28.8 Å². The van der Waals surface area contributed by atoms with E-state index in [1.165, 1.54) is 0 Å². The first-order valence-corrected chi connectivity index (χ1v) is 9.62. The van der Waals surface area contributed by atoms with Crippen LogP contribution < -0.4 is 5.32 Å². The van der Waals surface area contributed by atoms with Gasteiger partial charge in [0.15, 0.2) is 0 Å². The van der Waals surface area contributed by atoms with Crippen molar-refractivity contribution in [2.75, 3.05) is 19.6 Å². The first kappa shape index (κ1) is 19.1. The summed E-state index contributed by atoms with van der Waals surface area (Å²) < 4.78 is 5.36. The molecule has 144 valence electrons. The van der Waals surface area contributed by atoms with Gasteiger partial charge >= 0.3 is 0 Å². The number of amides is 2. The van der Waals surface area contributed by atoms with Gasteiger partial charge in [0.05, 0.1) is 0 Å². The fourth-order valence-electron chi connectivity index (χ4n) is 3.54. The van der Waals surface area contributed by atoms with E-state index in [4.69, 9.17) is 4.52 Å². The maximum atomic E-state index is 13.2. The van der Waals surface area contributed by atoms with Crippen LogP contribution in [0.2, 0.25) is 0 Å². The second-order valence-electron chi connectivity index (χ2n) is 7.13. The van der Waals surface area contributed by atoms with Crippen LogP contribution in [0.5, 0.6) is 0 Å². The van der Waals surface area contributed by atoms with Gasteiger partial charge in [-0.1, -0.05) is 36.3 Å². The molecule has 0 bridgehead atoms. The molecule has 0 aliphatic carbocycles. The summed E-state index contributed by atoms with van der Waals surface area (Å²) in [7, 11) is 0. The normalized spacial score (nSPS) is 15.0. The minimum atomic E-state index is -0.0700. The summed E-state index contributed by atoms with van der Waals surface area (Å²) >= 11 is 0. The van der Waals surface area contributed by atoms with Crippen LogP contribution in [-0.4, -0.2) is 41.5 Å². The molecule has 3 rings (SSSR count). The molecule has 6 nitrogen and oxygen atoms in total. The minimum absolute atomic E-state index is 0.0139. The van der Waals surface area contributed by atoms with E-state index in [2.05, 4.69) is 10.5 Å². The summed E-state index contributed by atoms with van der Waals surface area (Å²) in [6, 6.07) is 7.84. The highest BCUT2D eigenvalue weighted by Gasteiger charge is 2.31. The second kappa shape index (κ2) is 8.37. The number of nitrogens with zero attached hydrogens (tertiary/aromatic N) is 2. The third kappa shape index (κ3) is 4.04. The maximum absolute atomic E-state index is 13.2. The van der Waals surface area contributed by atoms with Crippen molar-refractivity contribution in [3.8, 4) is 11.3 Å². The Labute approximate surface area is 159 Å². The molecule has 0 saturated carbocycles. The van der Waals surface area contributed by atoms with Crippen molar-refractivity contribution >= 4 is 11.8 Å². The van der Waals surface area contributed by atoms with Gasteiger partial charge in [0, 0.05) is 31.1 Å². The summed E-state index contributed by atoms with van der Waals surface area (Å²) in [6.07, 6.45) is 2.30. The number of likely N-dealkylation sites (tertiary alicyclic amines) is 1. The Balaban J connectivity index is 1.74. The standard InChI is InChI=1S/C21H27N3O3/c1-4-11-22-20(25)16-9-12-24(13-10-16)21(26)18-15(3)27-23-19(18)17-8-6-5-7-14(17)2/h5-8,16H,4,9-13H2,1-3H3,(H,22,25). The molecule has 2 heterocycles. The molecular weight excluding hydrogens is 342 g/mol. The van der Waals surface area contributed by atoms with Gasteiger partial charge in [0.2, 0.25) is 5.91 Å². The first-order valence-electron chi connectivity index (χ1n) is 9.62. The van der Waals surface area contributed by atoms with E-state index in [9.17, 15) is 9.59 Å². The quantitative estimate of drug-likeness (QED) is 0.877. The summed E-state index contributed by atoms with van der Waals surface area (Å²) in [6.45, 7) is 7.65. The lowest BCUT2D eigenvalue weighted by atomic mass is 9.94. The zero-order chi connectivity index (χ0) is 19.4. The Morgan fingerprint density at radius 2 is 1.93 bits per heavy atom. The molecule has 0 spiro atoms. The summed E-state index contributed by atoms with van der Waals surface area (Å²) in [5, 5.41) is 7.11. The van der Waals surface area contributed by atoms with Gasteiger partial charge in [0.1, 0.15) is 17.0 Å². The number of aromatic nitrogens is 1. The molecule has 27 heavy (non-hydrogen) atoms. The van der Waals surface area contributed by atoms with E-state index in [0.29, 0.717) is 49.5 Å². The van der Waals surface area contributed by atoms with Gasteiger partial charge in [-0.2, -0.15) is 0 Å². The smallest absolute Gasteiger partial charge is 0.259 e. The van der Waals surface area contributed by atoms with Gasteiger partial charge in [-0.25, -0.2) is 0 Å². The van der Waals surface area contributed by atoms with Crippen LogP contribution in [0.3, 0.4) is 0 Å². The fourth-order valence-corrected chi connectivity index (χ4v) is 3.54. The Kier molecular flexibility index (Phi) is 5.94. The van der Waals surface area contributed by atoms with E-state index in [-0.39, 0.29) is 17.7 Å². The SMILES string of the molecule is CCCNC(=O)C1CCN(C(=O)c2c(-c3ccccc3C)noc2C)CC1. The second-order valence-corrected chi connectivity index (χ2v) is 7.13. The van der Waals surface area contributed by atoms with Crippen LogP contribution in [0.25, 0.3) is 11.3 Å². The van der Waals surface area contributed by atoms with Gasteiger partial charge in [-0.15, -0.1) is 0 Å². The van der Waals surface area contributed by atoms with Crippen LogP contribution in [0.1, 0.15) is 47.9 Å². The van der Waals surface area contributed by atoms with Crippen molar-refractivity contribution in [1.82, 2.24) is 15.4 Å². The van der Waals surface area contributed by atoms with Crippen molar-refractivity contribution in [2.24, 2.45) is 5.92 Å². The zero-order valence-electron chi connectivity index (χ0n) is 16.2. The van der Waals surface area contributed by atoms with E-state index in [0.717, 1.165) is 17.5 Å². The van der Waals surface area contributed by atoms with Crippen LogP contribution in [0.4, 0.5) is 0 Å². The Morgan fingerprint density at radius 3 is 2.59 bits per heavy atom. The predicted molar refractivity (Wildman–Crippen MR) is 103 cm³/mol. The van der Waals surface area contributed by atoms with Gasteiger partial charge < -0.3 is 14.7 Å². The average Bonchev–Trinajstić information content (AvgIpc) is 3.07. The molecule has 1 aliphatic heterocycles. The number of nitrogens with one attached hydrogen (secondary N) is 1. The minimum Gasteiger partial charge on any atom is -0.360 e. The maximum Gasteiger partial charge on any atom is 0.259 e. The lowest BCUT2D eigenvalue weighted by Crippen LogP contribution is -2.43. The third-order valence-corrected chi connectivity index (χ3v) is 5.18. The predicted octanol–water partition coefficient (Wildman–Crippen LogP) is 3.34. The molecule has 2 aromatic rings. The number of aryl methyl sites for hydroxylation is 2. The highest BCUT2D eigenvalue weighted by atomic mass is 16.5. The average molecular weight is 369 g/mol. The Morgan fingerprint density at radius 1 is 1.22 bits per heavy atom. The monoisotopic (exact) mass is 369 g/mol. The van der Waals surface area contributed by atoms with Crippen molar-refractivity contribution in [3.63, 3.8) is 0 Å². The Hall–Kier alpha value is -2.63. The lowest BCUT2D eigenvalue weighted by molar-refractivity contribution is -0.126. The number of benzene rings is 1. The molecular formula is C21H27N3O3. The number of carbonyl (C=O) groups is 2. The topological polar surface area (TPSA) is 75.4 Å². The molecule has 1 aromatic heterocycles. The van der Waals surface area contributed by atoms with Crippen molar-refractivity contribution in [3.05, 3.63) is 41.2 Å². The molecule has 1 aliphatic rings. The summed E-state index contributed by atoms with van der Waals surface area (Å²) in [4.78, 5) is 27.1. The van der Waals surface area contributed by atoms with Crippen molar-refractivity contribution in [1.29, 1.82) is 0 Å². The molecule has 6 heteroatoms. The molecule has 1 saturated heterocycles. The van der Waals surface area contributed by atoms with E-state index in [1.54, 1.807) is 6.92 Å². The zero-order valence-corrected chi connectivity index (χ0v) is 16.2. The molecule has 2 amide bonds. The van der Waals surface area contributed by atoms with Crippen molar-refractivity contribution in [2.45, 2.75) is 40.0 Å². The highest BCUT2D eigenvalue weighted by Crippen LogP contribution is 2.30. The van der Waals surface area contributed by atoms with Crippen LogP contribution >= 0.6 is 0 Å². The number of rotatable bonds is 5.